The number of nitrogens with one attached hydrogen (secondary N) is 1. The van der Waals surface area contributed by atoms with Gasteiger partial charge < -0.3 is 5.32 Å². The lowest BCUT2D eigenvalue weighted by Gasteiger charge is -2.46. The molecule has 0 bridgehead atoms. The van der Waals surface area contributed by atoms with E-state index in [2.05, 4.69) is 30.3 Å². The van der Waals surface area contributed by atoms with Crippen molar-refractivity contribution in [2.75, 3.05) is 31.6 Å². The van der Waals surface area contributed by atoms with Gasteiger partial charge in [-0.05, 0) is 30.9 Å². The summed E-state index contributed by atoms with van der Waals surface area (Å²) in [6, 6.07) is 1.52. The first-order valence-corrected chi connectivity index (χ1v) is 10.1. The van der Waals surface area contributed by atoms with Gasteiger partial charge in [-0.2, -0.15) is 11.8 Å². The van der Waals surface area contributed by atoms with Crippen LogP contribution >= 0.6 is 11.8 Å². The van der Waals surface area contributed by atoms with E-state index >= 15 is 0 Å². The zero-order valence-electron chi connectivity index (χ0n) is 13.7. The Labute approximate surface area is 130 Å². The van der Waals surface area contributed by atoms with E-state index in [9.17, 15) is 0 Å². The molecule has 2 nitrogen and oxygen atoms in total. The van der Waals surface area contributed by atoms with Crippen molar-refractivity contribution in [2.45, 2.75) is 64.5 Å². The lowest BCUT2D eigenvalue weighted by atomic mass is 9.82. The van der Waals surface area contributed by atoms with Gasteiger partial charge in [-0.3, -0.25) is 4.90 Å². The molecule has 0 aromatic rings. The molecule has 0 spiro atoms. The van der Waals surface area contributed by atoms with Gasteiger partial charge in [-0.25, -0.2) is 0 Å². The predicted molar refractivity (Wildman–Crippen MR) is 91.6 cm³/mol. The largest absolute Gasteiger partial charge is 0.311 e. The third-order valence-electron chi connectivity index (χ3n) is 5.59. The van der Waals surface area contributed by atoms with Gasteiger partial charge >= 0.3 is 0 Å². The van der Waals surface area contributed by atoms with Crippen LogP contribution in [0.4, 0.5) is 0 Å². The molecule has 3 heteroatoms. The van der Waals surface area contributed by atoms with Crippen molar-refractivity contribution in [2.24, 2.45) is 11.8 Å². The molecule has 0 amide bonds. The molecule has 20 heavy (non-hydrogen) atoms. The summed E-state index contributed by atoms with van der Waals surface area (Å²) in [5.74, 6) is 3.04. The molecule has 1 aliphatic heterocycles. The Morgan fingerprint density at radius 2 is 2.00 bits per heavy atom. The van der Waals surface area contributed by atoms with Crippen LogP contribution in [0.2, 0.25) is 0 Å². The van der Waals surface area contributed by atoms with Gasteiger partial charge in [0.05, 0.1) is 0 Å². The van der Waals surface area contributed by atoms with Crippen molar-refractivity contribution < 1.29 is 0 Å². The van der Waals surface area contributed by atoms with Crippen molar-refractivity contribution in [1.29, 1.82) is 0 Å². The molecule has 3 atom stereocenters. The van der Waals surface area contributed by atoms with Crippen LogP contribution in [-0.4, -0.2) is 48.6 Å². The topological polar surface area (TPSA) is 15.3 Å². The van der Waals surface area contributed by atoms with Gasteiger partial charge in [-0.15, -0.1) is 0 Å². The number of nitrogens with zero attached hydrogens (tertiary/aromatic N) is 1. The maximum absolute atomic E-state index is 3.91. The Balaban J connectivity index is 1.92. The average Bonchev–Trinajstić information content (AvgIpc) is 2.52. The fourth-order valence-electron chi connectivity index (χ4n) is 4.00. The van der Waals surface area contributed by atoms with Crippen LogP contribution < -0.4 is 5.32 Å². The quantitative estimate of drug-likeness (QED) is 0.806. The second-order valence-electron chi connectivity index (χ2n) is 6.85. The maximum atomic E-state index is 3.91. The highest BCUT2D eigenvalue weighted by molar-refractivity contribution is 7.98. The van der Waals surface area contributed by atoms with Crippen LogP contribution in [0.5, 0.6) is 0 Å². The van der Waals surface area contributed by atoms with Gasteiger partial charge in [0.1, 0.15) is 0 Å². The minimum Gasteiger partial charge on any atom is -0.311 e. The van der Waals surface area contributed by atoms with Gasteiger partial charge in [0, 0.05) is 37.5 Å². The van der Waals surface area contributed by atoms with Crippen molar-refractivity contribution >= 4 is 11.8 Å². The minimum absolute atomic E-state index is 0.756. The zero-order valence-corrected chi connectivity index (χ0v) is 14.6. The first kappa shape index (κ1) is 16.6. The smallest absolute Gasteiger partial charge is 0.0247 e. The van der Waals surface area contributed by atoms with Crippen LogP contribution in [-0.2, 0) is 0 Å². The Kier molecular flexibility index (Phi) is 7.20. The fraction of sp³-hybridized carbons (Fsp3) is 1.00. The van der Waals surface area contributed by atoms with Crippen LogP contribution in [0.3, 0.4) is 0 Å². The molecule has 1 aliphatic carbocycles. The highest BCUT2D eigenvalue weighted by Crippen LogP contribution is 2.29. The number of rotatable bonds is 6. The molecule has 1 saturated heterocycles. The van der Waals surface area contributed by atoms with Crippen molar-refractivity contribution in [3.05, 3.63) is 0 Å². The number of thioether (sulfide) groups is 1. The van der Waals surface area contributed by atoms with Gasteiger partial charge in [0.25, 0.3) is 0 Å². The molecule has 1 saturated carbocycles. The van der Waals surface area contributed by atoms with E-state index < -0.39 is 0 Å². The van der Waals surface area contributed by atoms with Gasteiger partial charge in [0.2, 0.25) is 0 Å². The Hall–Kier alpha value is 0.270. The lowest BCUT2D eigenvalue weighted by Crippen LogP contribution is -2.61. The predicted octanol–water partition coefficient (Wildman–Crippen LogP) is 3.62. The monoisotopic (exact) mass is 298 g/mol. The Morgan fingerprint density at radius 3 is 2.65 bits per heavy atom. The minimum atomic E-state index is 0.756. The molecular weight excluding hydrogens is 264 g/mol. The summed E-state index contributed by atoms with van der Waals surface area (Å²) < 4.78 is 0. The Morgan fingerprint density at radius 1 is 1.25 bits per heavy atom. The number of hydrogen-bond acceptors (Lipinski definition) is 3. The van der Waals surface area contributed by atoms with Gasteiger partial charge in [0.15, 0.2) is 0 Å². The van der Waals surface area contributed by atoms with E-state index in [0.717, 1.165) is 23.9 Å². The molecule has 0 aromatic heterocycles. The highest BCUT2D eigenvalue weighted by atomic mass is 32.2. The summed E-state index contributed by atoms with van der Waals surface area (Å²) in [7, 11) is 0. The number of hydrogen-bond donors (Lipinski definition) is 1. The van der Waals surface area contributed by atoms with E-state index in [1.54, 1.807) is 0 Å². The zero-order chi connectivity index (χ0) is 14.4. The molecule has 2 rings (SSSR count). The molecule has 118 valence electrons. The summed E-state index contributed by atoms with van der Waals surface area (Å²) in [4.78, 5) is 2.81. The highest BCUT2D eigenvalue weighted by Gasteiger charge is 2.34. The summed E-state index contributed by atoms with van der Waals surface area (Å²) in [6.07, 6.45) is 10.8. The third kappa shape index (κ3) is 4.38. The number of piperazine rings is 1. The average molecular weight is 299 g/mol. The van der Waals surface area contributed by atoms with Crippen LogP contribution in [0.1, 0.15) is 52.4 Å². The molecule has 1 N–H and O–H groups in total. The van der Waals surface area contributed by atoms with E-state index in [-0.39, 0.29) is 0 Å². The van der Waals surface area contributed by atoms with E-state index in [4.69, 9.17) is 0 Å². The van der Waals surface area contributed by atoms with Crippen molar-refractivity contribution in [1.82, 2.24) is 10.2 Å². The Bertz CT molecular complexity index is 266. The summed E-state index contributed by atoms with van der Waals surface area (Å²) in [6.45, 7) is 8.55. The first-order valence-electron chi connectivity index (χ1n) is 8.72. The second-order valence-corrected chi connectivity index (χ2v) is 7.84. The second kappa shape index (κ2) is 8.65. The first-order chi connectivity index (χ1) is 9.76. The molecule has 3 unspecified atom stereocenters. The molecule has 1 heterocycles. The molecule has 0 radical (unpaired) electrons. The molecule has 0 aromatic carbocycles. The third-order valence-corrected chi connectivity index (χ3v) is 6.18. The van der Waals surface area contributed by atoms with Crippen molar-refractivity contribution in [3.8, 4) is 0 Å². The standard InChI is InChI=1S/C17H34N2S/c1-4-14(2)17-12-18-16(13-19(17)10-11-20-3)15-8-6-5-7-9-15/h14-18H,4-13H2,1-3H3. The molecular formula is C17H34N2S. The summed E-state index contributed by atoms with van der Waals surface area (Å²) in [5.41, 5.74) is 0. The molecule has 2 fully saturated rings. The van der Waals surface area contributed by atoms with Crippen LogP contribution in [0.15, 0.2) is 0 Å². The molecule has 2 aliphatic rings. The van der Waals surface area contributed by atoms with Gasteiger partial charge in [-0.1, -0.05) is 39.5 Å². The van der Waals surface area contributed by atoms with E-state index in [1.807, 2.05) is 11.8 Å². The lowest BCUT2D eigenvalue weighted by molar-refractivity contribution is 0.0724. The van der Waals surface area contributed by atoms with Crippen LogP contribution in [0.25, 0.3) is 0 Å². The maximum Gasteiger partial charge on any atom is 0.0247 e. The normalized spacial score (nSPS) is 31.4. The van der Waals surface area contributed by atoms with E-state index in [0.29, 0.717) is 0 Å². The van der Waals surface area contributed by atoms with Crippen LogP contribution in [0, 0.1) is 11.8 Å². The summed E-state index contributed by atoms with van der Waals surface area (Å²) >= 11 is 1.99. The SMILES string of the molecule is CCC(C)C1CNC(C2CCCCC2)CN1CCSC. The van der Waals surface area contributed by atoms with Crippen molar-refractivity contribution in [3.63, 3.8) is 0 Å². The van der Waals surface area contributed by atoms with E-state index in [1.165, 1.54) is 63.9 Å². The fourth-order valence-corrected chi connectivity index (χ4v) is 4.42. The summed E-state index contributed by atoms with van der Waals surface area (Å²) in [5, 5.41) is 3.91.